The summed E-state index contributed by atoms with van der Waals surface area (Å²) in [6.45, 7) is 1.98. The van der Waals surface area contributed by atoms with Crippen molar-refractivity contribution < 1.29 is 19.5 Å². The number of aryl methyl sites for hydroxylation is 1. The van der Waals surface area contributed by atoms with Gasteiger partial charge in [0.05, 0.1) is 11.7 Å². The summed E-state index contributed by atoms with van der Waals surface area (Å²) < 4.78 is 0. The van der Waals surface area contributed by atoms with Gasteiger partial charge in [-0.1, -0.05) is 41.6 Å². The summed E-state index contributed by atoms with van der Waals surface area (Å²) in [6, 6.07) is 13.3. The Morgan fingerprint density at radius 2 is 1.79 bits per heavy atom. The zero-order chi connectivity index (χ0) is 20.3. The van der Waals surface area contributed by atoms with Crippen molar-refractivity contribution in [3.8, 4) is 0 Å². The number of nitrogens with one attached hydrogen (secondary N) is 1. The number of carboxylic acid groups (broad SMARTS) is 1. The van der Waals surface area contributed by atoms with Crippen LogP contribution in [-0.2, 0) is 9.59 Å². The fourth-order valence-electron chi connectivity index (χ4n) is 2.60. The normalized spacial score (nSPS) is 17.8. The molecular formula is C20H18N3O4S-. The average Bonchev–Trinajstić information content (AvgIpc) is 2.92. The number of amides is 2. The third-order valence-corrected chi connectivity index (χ3v) is 5.40. The summed E-state index contributed by atoms with van der Waals surface area (Å²) in [5.41, 5.74) is 2.34. The molecule has 28 heavy (non-hydrogen) atoms. The van der Waals surface area contributed by atoms with Crippen LogP contribution < -0.4 is 10.4 Å². The Morgan fingerprint density at radius 3 is 2.39 bits per heavy atom. The fourth-order valence-corrected chi connectivity index (χ4v) is 3.75. The second-order valence-electron chi connectivity index (χ2n) is 6.35. The SMILES string of the molecule is Cc1ccc(N=C2S[C@@H](CC(=O)Nc3ccc(C(=O)[O-])cc3)C(=O)N2C)cc1. The number of carbonyl (C=O) groups excluding carboxylic acids is 3. The Balaban J connectivity index is 1.63. The van der Waals surface area contributed by atoms with Gasteiger partial charge in [0.25, 0.3) is 0 Å². The van der Waals surface area contributed by atoms with Crippen LogP contribution in [0.5, 0.6) is 0 Å². The number of amidine groups is 1. The van der Waals surface area contributed by atoms with Gasteiger partial charge in [0.2, 0.25) is 11.8 Å². The monoisotopic (exact) mass is 396 g/mol. The van der Waals surface area contributed by atoms with E-state index in [0.717, 1.165) is 11.3 Å². The number of carbonyl (C=O) groups is 3. The van der Waals surface area contributed by atoms with Gasteiger partial charge in [0, 0.05) is 19.2 Å². The molecule has 1 saturated heterocycles. The Hall–Kier alpha value is -3.13. The minimum Gasteiger partial charge on any atom is -0.545 e. The number of aromatic carboxylic acids is 1. The van der Waals surface area contributed by atoms with Crippen LogP contribution in [0.4, 0.5) is 11.4 Å². The van der Waals surface area contributed by atoms with Gasteiger partial charge in [-0.2, -0.15) is 0 Å². The summed E-state index contributed by atoms with van der Waals surface area (Å²) in [6.07, 6.45) is -0.0109. The number of nitrogens with zero attached hydrogens (tertiary/aromatic N) is 2. The van der Waals surface area contributed by atoms with E-state index in [1.54, 1.807) is 7.05 Å². The number of carboxylic acids is 1. The number of rotatable bonds is 5. The summed E-state index contributed by atoms with van der Waals surface area (Å²) in [5.74, 6) is -1.80. The highest BCUT2D eigenvalue weighted by molar-refractivity contribution is 8.15. The van der Waals surface area contributed by atoms with E-state index >= 15 is 0 Å². The highest BCUT2D eigenvalue weighted by Gasteiger charge is 2.36. The molecule has 7 nitrogen and oxygen atoms in total. The standard InChI is InChI=1S/C20H19N3O4S/c1-12-3-7-15(8-4-12)22-20-23(2)18(25)16(28-20)11-17(24)21-14-9-5-13(6-10-14)19(26)27/h3-10,16H,11H2,1-2H3,(H,21,24)(H,26,27)/p-1/t16-/m0/s1. The third kappa shape index (κ3) is 4.58. The molecule has 0 aliphatic carbocycles. The lowest BCUT2D eigenvalue weighted by atomic mass is 10.2. The van der Waals surface area contributed by atoms with Gasteiger partial charge in [-0.3, -0.25) is 14.5 Å². The van der Waals surface area contributed by atoms with Gasteiger partial charge >= 0.3 is 0 Å². The molecule has 2 aromatic carbocycles. The molecule has 1 N–H and O–H groups in total. The lowest BCUT2D eigenvalue weighted by Gasteiger charge is -2.10. The first-order valence-corrected chi connectivity index (χ1v) is 9.42. The van der Waals surface area contributed by atoms with Crippen molar-refractivity contribution in [2.24, 2.45) is 4.99 Å². The molecule has 8 heteroatoms. The van der Waals surface area contributed by atoms with Crippen molar-refractivity contribution in [2.75, 3.05) is 12.4 Å². The zero-order valence-corrected chi connectivity index (χ0v) is 16.2. The molecule has 1 heterocycles. The first-order valence-electron chi connectivity index (χ1n) is 8.54. The van der Waals surface area contributed by atoms with E-state index in [0.29, 0.717) is 10.9 Å². The van der Waals surface area contributed by atoms with Crippen molar-refractivity contribution in [2.45, 2.75) is 18.6 Å². The van der Waals surface area contributed by atoms with Crippen LogP contribution in [0.25, 0.3) is 0 Å². The first-order chi connectivity index (χ1) is 13.3. The molecule has 0 spiro atoms. The van der Waals surface area contributed by atoms with Crippen molar-refractivity contribution in [1.82, 2.24) is 4.90 Å². The lowest BCUT2D eigenvalue weighted by molar-refractivity contribution is -0.255. The average molecular weight is 396 g/mol. The van der Waals surface area contributed by atoms with E-state index in [1.165, 1.54) is 40.9 Å². The van der Waals surface area contributed by atoms with Crippen LogP contribution in [-0.4, -0.2) is 40.1 Å². The number of anilines is 1. The van der Waals surface area contributed by atoms with Gasteiger partial charge in [-0.25, -0.2) is 4.99 Å². The van der Waals surface area contributed by atoms with E-state index in [2.05, 4.69) is 10.3 Å². The predicted molar refractivity (Wildman–Crippen MR) is 106 cm³/mol. The largest absolute Gasteiger partial charge is 0.545 e. The van der Waals surface area contributed by atoms with Gasteiger partial charge in [0.15, 0.2) is 5.17 Å². The van der Waals surface area contributed by atoms with Crippen LogP contribution in [0.1, 0.15) is 22.3 Å². The van der Waals surface area contributed by atoms with Gasteiger partial charge in [-0.15, -0.1) is 0 Å². The molecule has 2 aromatic rings. The summed E-state index contributed by atoms with van der Waals surface area (Å²) in [4.78, 5) is 41.4. The van der Waals surface area contributed by atoms with E-state index < -0.39 is 11.2 Å². The van der Waals surface area contributed by atoms with Crippen LogP contribution in [0.15, 0.2) is 53.5 Å². The highest BCUT2D eigenvalue weighted by Crippen LogP contribution is 2.30. The maximum absolute atomic E-state index is 12.4. The Labute approximate surface area is 166 Å². The van der Waals surface area contributed by atoms with Gasteiger partial charge in [-0.05, 0) is 36.8 Å². The van der Waals surface area contributed by atoms with E-state index in [-0.39, 0.29) is 23.8 Å². The lowest BCUT2D eigenvalue weighted by Crippen LogP contribution is -2.30. The number of aliphatic imine (C=N–C) groups is 1. The molecule has 144 valence electrons. The van der Waals surface area contributed by atoms with Crippen LogP contribution >= 0.6 is 11.8 Å². The summed E-state index contributed by atoms with van der Waals surface area (Å²) in [5, 5.41) is 13.4. The minimum atomic E-state index is -1.28. The van der Waals surface area contributed by atoms with Crippen LogP contribution in [0.3, 0.4) is 0 Å². The Morgan fingerprint density at radius 1 is 1.14 bits per heavy atom. The Kier molecular flexibility index (Phi) is 5.79. The molecule has 0 aromatic heterocycles. The number of thioether (sulfide) groups is 1. The van der Waals surface area contributed by atoms with Crippen molar-refractivity contribution >= 4 is 46.1 Å². The Bertz CT molecular complexity index is 939. The summed E-state index contributed by atoms with van der Waals surface area (Å²) in [7, 11) is 1.64. The van der Waals surface area contributed by atoms with Gasteiger partial charge in [0.1, 0.15) is 5.25 Å². The second kappa shape index (κ2) is 8.26. The topological polar surface area (TPSA) is 102 Å². The van der Waals surface area contributed by atoms with Crippen molar-refractivity contribution in [1.29, 1.82) is 0 Å². The van der Waals surface area contributed by atoms with Crippen LogP contribution in [0, 0.1) is 6.92 Å². The number of hydrogen-bond acceptors (Lipinski definition) is 6. The predicted octanol–water partition coefficient (Wildman–Crippen LogP) is 1.95. The van der Waals surface area contributed by atoms with Crippen LogP contribution in [0.2, 0.25) is 0 Å². The highest BCUT2D eigenvalue weighted by atomic mass is 32.2. The zero-order valence-electron chi connectivity index (χ0n) is 15.3. The summed E-state index contributed by atoms with van der Waals surface area (Å²) >= 11 is 1.25. The molecule has 0 radical (unpaired) electrons. The van der Waals surface area contributed by atoms with E-state index in [9.17, 15) is 19.5 Å². The van der Waals surface area contributed by atoms with Gasteiger partial charge < -0.3 is 15.2 Å². The van der Waals surface area contributed by atoms with Crippen molar-refractivity contribution in [3.63, 3.8) is 0 Å². The second-order valence-corrected chi connectivity index (χ2v) is 7.52. The molecule has 1 fully saturated rings. The van der Waals surface area contributed by atoms with Crippen molar-refractivity contribution in [3.05, 3.63) is 59.7 Å². The van der Waals surface area contributed by atoms with E-state index in [1.807, 2.05) is 31.2 Å². The molecule has 1 aliphatic rings. The number of benzene rings is 2. The maximum atomic E-state index is 12.4. The number of hydrogen-bond donors (Lipinski definition) is 1. The fraction of sp³-hybridized carbons (Fsp3) is 0.200. The minimum absolute atomic E-state index is 0.0109. The maximum Gasteiger partial charge on any atom is 0.242 e. The smallest absolute Gasteiger partial charge is 0.242 e. The quantitative estimate of drug-likeness (QED) is 0.832. The first kappa shape index (κ1) is 19.6. The molecule has 1 atom stereocenters. The van der Waals surface area contributed by atoms with E-state index in [4.69, 9.17) is 0 Å². The molecule has 0 unspecified atom stereocenters. The molecule has 3 rings (SSSR count). The molecular weight excluding hydrogens is 378 g/mol. The third-order valence-electron chi connectivity index (χ3n) is 4.17. The molecule has 0 saturated carbocycles. The molecule has 1 aliphatic heterocycles. The molecule has 2 amide bonds. The molecule has 0 bridgehead atoms.